The molecule has 174 valence electrons. The maximum absolute atomic E-state index is 13.7. The molecule has 0 spiro atoms. The lowest BCUT2D eigenvalue weighted by Crippen LogP contribution is -2.51. The standard InChI is InChI=1S/C23H25F3N6O/c1-15-8-9-18(32-28-10-11-29-32)17(13-15)22(33)31-12-4-5-16(2)19(31)14-27-21-7-3-6-20(30-21)23(24,25)26/h3,6-11,13,16,19H,4-5,12,14H2,1-2H3,(H,27,30)/t16-,19?/m1/s1. The first kappa shape index (κ1) is 22.8. The van der Waals surface area contributed by atoms with Crippen LogP contribution in [0.4, 0.5) is 19.0 Å². The van der Waals surface area contributed by atoms with E-state index in [-0.39, 0.29) is 23.7 Å². The molecule has 10 heteroatoms. The Kier molecular flexibility index (Phi) is 6.35. The lowest BCUT2D eigenvalue weighted by atomic mass is 9.89. The molecule has 0 aliphatic carbocycles. The number of alkyl halides is 3. The highest BCUT2D eigenvalue weighted by Gasteiger charge is 2.35. The number of benzene rings is 1. The molecule has 1 saturated heterocycles. The number of anilines is 1. The third kappa shape index (κ3) is 4.99. The molecule has 3 aromatic rings. The van der Waals surface area contributed by atoms with Crippen LogP contribution < -0.4 is 5.32 Å². The number of nitrogens with one attached hydrogen (secondary N) is 1. The summed E-state index contributed by atoms with van der Waals surface area (Å²) >= 11 is 0. The van der Waals surface area contributed by atoms with Gasteiger partial charge in [-0.1, -0.05) is 24.6 Å². The number of carbonyl (C=O) groups is 1. The molecule has 1 N–H and O–H groups in total. The topological polar surface area (TPSA) is 75.9 Å². The Labute approximate surface area is 189 Å². The number of piperidine rings is 1. The van der Waals surface area contributed by atoms with Crippen molar-refractivity contribution in [1.82, 2.24) is 24.9 Å². The summed E-state index contributed by atoms with van der Waals surface area (Å²) in [7, 11) is 0. The van der Waals surface area contributed by atoms with Crippen LogP contribution in [0, 0.1) is 12.8 Å². The van der Waals surface area contributed by atoms with Crippen molar-refractivity contribution in [2.24, 2.45) is 5.92 Å². The highest BCUT2D eigenvalue weighted by atomic mass is 19.4. The normalized spacial score (nSPS) is 18.9. The zero-order valence-corrected chi connectivity index (χ0v) is 18.4. The van der Waals surface area contributed by atoms with Crippen molar-refractivity contribution in [3.63, 3.8) is 0 Å². The quantitative estimate of drug-likeness (QED) is 0.616. The molecule has 7 nitrogen and oxygen atoms in total. The van der Waals surface area contributed by atoms with Crippen LogP contribution in [0.25, 0.3) is 5.69 Å². The van der Waals surface area contributed by atoms with E-state index in [1.165, 1.54) is 16.9 Å². The Bertz CT molecular complexity index is 1120. The summed E-state index contributed by atoms with van der Waals surface area (Å²) in [6.45, 7) is 4.82. The fourth-order valence-electron chi connectivity index (χ4n) is 4.20. The summed E-state index contributed by atoms with van der Waals surface area (Å²) in [5, 5.41) is 11.3. The molecule has 3 heterocycles. The largest absolute Gasteiger partial charge is 0.433 e. The molecule has 0 radical (unpaired) electrons. The van der Waals surface area contributed by atoms with Crippen molar-refractivity contribution >= 4 is 11.7 Å². The highest BCUT2D eigenvalue weighted by Crippen LogP contribution is 2.29. The molecule has 2 aromatic heterocycles. The van der Waals surface area contributed by atoms with Crippen LogP contribution in [0.15, 0.2) is 48.8 Å². The number of likely N-dealkylation sites (tertiary alicyclic amines) is 1. The van der Waals surface area contributed by atoms with E-state index in [0.29, 0.717) is 24.3 Å². The molecule has 1 aliphatic heterocycles. The predicted octanol–water partition coefficient (Wildman–Crippen LogP) is 4.34. The number of amides is 1. The maximum Gasteiger partial charge on any atom is 0.433 e. The Morgan fingerprint density at radius 2 is 1.94 bits per heavy atom. The van der Waals surface area contributed by atoms with Crippen molar-refractivity contribution in [1.29, 1.82) is 0 Å². The molecule has 2 atom stereocenters. The summed E-state index contributed by atoms with van der Waals surface area (Å²) in [4.78, 5) is 20.6. The van der Waals surface area contributed by atoms with Crippen LogP contribution in [-0.2, 0) is 6.18 Å². The molecule has 1 unspecified atom stereocenters. The third-order valence-electron chi connectivity index (χ3n) is 5.93. The summed E-state index contributed by atoms with van der Waals surface area (Å²) in [6, 6.07) is 9.08. The van der Waals surface area contributed by atoms with Crippen molar-refractivity contribution < 1.29 is 18.0 Å². The number of hydrogen-bond acceptors (Lipinski definition) is 5. The van der Waals surface area contributed by atoms with Crippen LogP contribution in [0.5, 0.6) is 0 Å². The Morgan fingerprint density at radius 1 is 1.18 bits per heavy atom. The molecule has 1 fully saturated rings. The number of halogens is 3. The molecule has 4 rings (SSSR count). The number of carbonyl (C=O) groups excluding carboxylic acids is 1. The number of nitrogens with zero attached hydrogens (tertiary/aromatic N) is 5. The average Bonchev–Trinajstić information content (AvgIpc) is 3.32. The minimum atomic E-state index is -4.51. The monoisotopic (exact) mass is 458 g/mol. The predicted molar refractivity (Wildman–Crippen MR) is 117 cm³/mol. The van der Waals surface area contributed by atoms with Gasteiger partial charge in [-0.2, -0.15) is 28.2 Å². The van der Waals surface area contributed by atoms with Gasteiger partial charge < -0.3 is 10.2 Å². The van der Waals surface area contributed by atoms with Crippen LogP contribution in [-0.4, -0.2) is 49.9 Å². The number of rotatable bonds is 5. The summed E-state index contributed by atoms with van der Waals surface area (Å²) in [6.07, 6.45) is 0.359. The van der Waals surface area contributed by atoms with Crippen LogP contribution in [0.2, 0.25) is 0 Å². The first-order chi connectivity index (χ1) is 15.7. The van der Waals surface area contributed by atoms with E-state index in [2.05, 4.69) is 27.4 Å². The van der Waals surface area contributed by atoms with Gasteiger partial charge in [-0.05, 0) is 49.9 Å². The Hall–Kier alpha value is -3.43. The number of hydrogen-bond donors (Lipinski definition) is 1. The van der Waals surface area contributed by atoms with Gasteiger partial charge in [-0.25, -0.2) is 4.98 Å². The van der Waals surface area contributed by atoms with E-state index in [1.807, 2.05) is 25.1 Å². The van der Waals surface area contributed by atoms with E-state index < -0.39 is 11.9 Å². The minimum absolute atomic E-state index is 0.131. The van der Waals surface area contributed by atoms with Gasteiger partial charge in [0.1, 0.15) is 11.5 Å². The zero-order valence-electron chi connectivity index (χ0n) is 18.4. The van der Waals surface area contributed by atoms with Crippen LogP contribution in [0.1, 0.15) is 41.4 Å². The van der Waals surface area contributed by atoms with Gasteiger partial charge in [0.15, 0.2) is 0 Å². The van der Waals surface area contributed by atoms with E-state index >= 15 is 0 Å². The SMILES string of the molecule is Cc1ccc(-n2nccn2)c(C(=O)N2CCC[C@@H](C)C2CNc2cccc(C(F)(F)F)n2)c1. The average molecular weight is 458 g/mol. The van der Waals surface area contributed by atoms with Crippen molar-refractivity contribution in [3.8, 4) is 5.69 Å². The summed E-state index contributed by atoms with van der Waals surface area (Å²) in [5.74, 6) is 0.144. The third-order valence-corrected chi connectivity index (χ3v) is 5.93. The molecular formula is C23H25F3N6O. The van der Waals surface area contributed by atoms with Gasteiger partial charge in [-0.15, -0.1) is 0 Å². The molecule has 33 heavy (non-hydrogen) atoms. The Morgan fingerprint density at radius 3 is 2.67 bits per heavy atom. The molecule has 1 aromatic carbocycles. The smallest absolute Gasteiger partial charge is 0.368 e. The minimum Gasteiger partial charge on any atom is -0.368 e. The summed E-state index contributed by atoms with van der Waals surface area (Å²) < 4.78 is 39.0. The molecule has 0 saturated carbocycles. The van der Waals surface area contributed by atoms with Crippen molar-refractivity contribution in [3.05, 3.63) is 65.6 Å². The molecule has 1 aliphatic rings. The first-order valence-electron chi connectivity index (χ1n) is 10.8. The molecule has 1 amide bonds. The van der Waals surface area contributed by atoms with Crippen LogP contribution >= 0.6 is 0 Å². The second-order valence-corrected chi connectivity index (χ2v) is 8.31. The van der Waals surface area contributed by atoms with Crippen molar-refractivity contribution in [2.75, 3.05) is 18.4 Å². The van der Waals surface area contributed by atoms with Gasteiger partial charge >= 0.3 is 6.18 Å². The maximum atomic E-state index is 13.7. The van der Waals surface area contributed by atoms with E-state index in [1.54, 1.807) is 17.3 Å². The van der Waals surface area contributed by atoms with Crippen LogP contribution in [0.3, 0.4) is 0 Å². The van der Waals surface area contributed by atoms with Crippen molar-refractivity contribution in [2.45, 2.75) is 38.9 Å². The van der Waals surface area contributed by atoms with E-state index in [4.69, 9.17) is 0 Å². The first-order valence-corrected chi connectivity index (χ1v) is 10.8. The Balaban J connectivity index is 1.59. The van der Waals surface area contributed by atoms with Gasteiger partial charge in [-0.3, -0.25) is 4.79 Å². The van der Waals surface area contributed by atoms with Gasteiger partial charge in [0.05, 0.1) is 29.7 Å². The van der Waals surface area contributed by atoms with Gasteiger partial charge in [0.25, 0.3) is 5.91 Å². The fourth-order valence-corrected chi connectivity index (χ4v) is 4.20. The second-order valence-electron chi connectivity index (χ2n) is 8.31. The lowest BCUT2D eigenvalue weighted by molar-refractivity contribution is -0.141. The zero-order chi connectivity index (χ0) is 23.6. The number of aromatic nitrogens is 4. The lowest BCUT2D eigenvalue weighted by Gasteiger charge is -2.40. The molecule has 0 bridgehead atoms. The fraction of sp³-hybridized carbons (Fsp3) is 0.391. The highest BCUT2D eigenvalue weighted by molar-refractivity contribution is 5.98. The second kappa shape index (κ2) is 9.21. The number of aryl methyl sites for hydroxylation is 1. The summed E-state index contributed by atoms with van der Waals surface area (Å²) in [5.41, 5.74) is 1.05. The van der Waals surface area contributed by atoms with E-state index in [0.717, 1.165) is 24.5 Å². The number of pyridine rings is 1. The van der Waals surface area contributed by atoms with Gasteiger partial charge in [0.2, 0.25) is 0 Å². The molecular weight excluding hydrogens is 433 g/mol. The van der Waals surface area contributed by atoms with E-state index in [9.17, 15) is 18.0 Å². The van der Waals surface area contributed by atoms with Gasteiger partial charge in [0, 0.05) is 13.1 Å².